The molecule has 0 fully saturated rings. The smallest absolute Gasteiger partial charge is 0.144 e. The van der Waals surface area contributed by atoms with E-state index >= 15 is 0 Å². The van der Waals surface area contributed by atoms with Crippen LogP contribution in [0.25, 0.3) is 33.2 Å². The Morgan fingerprint density at radius 2 is 1.86 bits per heavy atom. The van der Waals surface area contributed by atoms with Crippen LogP contribution in [-0.4, -0.2) is 4.98 Å². The zero-order valence-corrected chi connectivity index (χ0v) is 16.8. The summed E-state index contributed by atoms with van der Waals surface area (Å²) in [6, 6.07) is 16.6. The van der Waals surface area contributed by atoms with E-state index in [1.807, 2.05) is 18.2 Å². The summed E-state index contributed by atoms with van der Waals surface area (Å²) in [5.74, 6) is 0.688. The van der Waals surface area contributed by atoms with Crippen LogP contribution in [0.5, 0.6) is 0 Å². The van der Waals surface area contributed by atoms with Crippen molar-refractivity contribution in [1.82, 2.24) is 4.98 Å². The Labute approximate surface area is 165 Å². The Morgan fingerprint density at radius 1 is 1.04 bits per heavy atom. The lowest BCUT2D eigenvalue weighted by molar-refractivity contribution is 0.644. The van der Waals surface area contributed by atoms with Gasteiger partial charge in [0, 0.05) is 28.1 Å². The van der Waals surface area contributed by atoms with Gasteiger partial charge in [0.2, 0.25) is 0 Å². The standard InChI is InChI=1S/C25H24N2O/c1-15(2)12-17-13-18(14-26)22(16(3)4)25-23(17)20-9-7-8-19(24(20)28-25)21-10-5-6-11-27-21/h5-11,13,15-16H,12H2,1-4H3. The third-order valence-corrected chi connectivity index (χ3v) is 5.16. The SMILES string of the molecule is CC(C)Cc1cc(C#N)c(C(C)C)c2oc3c(-c4ccccn4)cccc3c12. The van der Waals surface area contributed by atoms with Gasteiger partial charge >= 0.3 is 0 Å². The second kappa shape index (κ2) is 7.13. The molecule has 0 N–H and O–H groups in total. The van der Waals surface area contributed by atoms with Gasteiger partial charge in [0.25, 0.3) is 0 Å². The second-order valence-corrected chi connectivity index (χ2v) is 8.06. The Balaban J connectivity index is 2.15. The first-order valence-corrected chi connectivity index (χ1v) is 9.83. The average molecular weight is 368 g/mol. The molecule has 0 bridgehead atoms. The van der Waals surface area contributed by atoms with E-state index in [9.17, 15) is 5.26 Å². The van der Waals surface area contributed by atoms with E-state index in [0.29, 0.717) is 5.92 Å². The lowest BCUT2D eigenvalue weighted by Crippen LogP contribution is -2.00. The molecule has 0 unspecified atom stereocenters. The first-order chi connectivity index (χ1) is 13.5. The van der Waals surface area contributed by atoms with Gasteiger partial charge in [-0.25, -0.2) is 0 Å². The van der Waals surface area contributed by atoms with Crippen molar-refractivity contribution < 1.29 is 4.42 Å². The predicted octanol–water partition coefficient (Wildman–Crippen LogP) is 6.84. The Morgan fingerprint density at radius 3 is 2.50 bits per heavy atom. The van der Waals surface area contributed by atoms with E-state index in [2.05, 4.69) is 63.0 Å². The van der Waals surface area contributed by atoms with Crippen LogP contribution in [-0.2, 0) is 6.42 Å². The summed E-state index contributed by atoms with van der Waals surface area (Å²) in [5.41, 5.74) is 6.47. The van der Waals surface area contributed by atoms with Crippen LogP contribution in [0.4, 0.5) is 0 Å². The van der Waals surface area contributed by atoms with Crippen molar-refractivity contribution in [3.05, 3.63) is 65.4 Å². The number of para-hydroxylation sites is 1. The molecule has 140 valence electrons. The molecule has 0 saturated carbocycles. The topological polar surface area (TPSA) is 49.8 Å². The van der Waals surface area contributed by atoms with Gasteiger partial charge in [0.15, 0.2) is 0 Å². The first-order valence-electron chi connectivity index (χ1n) is 9.83. The molecular weight excluding hydrogens is 344 g/mol. The fraction of sp³-hybridized carbons (Fsp3) is 0.280. The number of furan rings is 1. The molecule has 28 heavy (non-hydrogen) atoms. The van der Waals surface area contributed by atoms with E-state index in [1.54, 1.807) is 6.20 Å². The van der Waals surface area contributed by atoms with Crippen LogP contribution >= 0.6 is 0 Å². The number of hydrogen-bond acceptors (Lipinski definition) is 3. The maximum absolute atomic E-state index is 9.79. The third-order valence-electron chi connectivity index (χ3n) is 5.16. The molecule has 2 aromatic carbocycles. The van der Waals surface area contributed by atoms with Crippen molar-refractivity contribution in [2.24, 2.45) is 5.92 Å². The molecule has 2 aromatic heterocycles. The van der Waals surface area contributed by atoms with Gasteiger partial charge in [-0.2, -0.15) is 5.26 Å². The number of nitrogens with zero attached hydrogens (tertiary/aromatic N) is 2. The predicted molar refractivity (Wildman–Crippen MR) is 114 cm³/mol. The van der Waals surface area contributed by atoms with Gasteiger partial charge in [0.05, 0.1) is 17.3 Å². The largest absolute Gasteiger partial charge is 0.455 e. The Kier molecular flexibility index (Phi) is 4.65. The number of pyridine rings is 1. The molecular formula is C25H24N2O. The number of fused-ring (bicyclic) bond motifs is 3. The zero-order chi connectivity index (χ0) is 19.8. The highest BCUT2D eigenvalue weighted by molar-refractivity contribution is 6.12. The van der Waals surface area contributed by atoms with Crippen molar-refractivity contribution in [1.29, 1.82) is 5.26 Å². The molecule has 0 spiro atoms. The molecule has 0 saturated heterocycles. The van der Waals surface area contributed by atoms with Crippen LogP contribution in [0, 0.1) is 17.2 Å². The molecule has 3 heteroatoms. The van der Waals surface area contributed by atoms with Crippen LogP contribution in [0.2, 0.25) is 0 Å². The van der Waals surface area contributed by atoms with Gasteiger partial charge in [-0.05, 0) is 48.1 Å². The minimum atomic E-state index is 0.198. The molecule has 4 rings (SSSR count). The molecule has 0 radical (unpaired) electrons. The number of nitriles is 1. The van der Waals surface area contributed by atoms with E-state index in [4.69, 9.17) is 4.42 Å². The molecule has 0 aliphatic heterocycles. The summed E-state index contributed by atoms with van der Waals surface area (Å²) < 4.78 is 6.50. The second-order valence-electron chi connectivity index (χ2n) is 8.06. The highest BCUT2D eigenvalue weighted by atomic mass is 16.3. The van der Waals surface area contributed by atoms with Crippen molar-refractivity contribution in [3.8, 4) is 17.3 Å². The minimum Gasteiger partial charge on any atom is -0.455 e. The normalized spacial score (nSPS) is 11.6. The summed E-state index contributed by atoms with van der Waals surface area (Å²) in [6.07, 6.45) is 2.71. The van der Waals surface area contributed by atoms with Crippen molar-refractivity contribution >= 4 is 21.9 Å². The van der Waals surface area contributed by atoms with Crippen LogP contribution in [0.3, 0.4) is 0 Å². The number of hydrogen-bond donors (Lipinski definition) is 0. The van der Waals surface area contributed by atoms with E-state index in [0.717, 1.165) is 50.7 Å². The Bertz CT molecular complexity index is 1190. The lowest BCUT2D eigenvalue weighted by Gasteiger charge is -2.13. The molecule has 0 amide bonds. The van der Waals surface area contributed by atoms with Crippen molar-refractivity contribution in [2.45, 2.75) is 40.0 Å². The van der Waals surface area contributed by atoms with E-state index < -0.39 is 0 Å². The maximum atomic E-state index is 9.79. The summed E-state index contributed by atoms with van der Waals surface area (Å²) in [4.78, 5) is 4.52. The summed E-state index contributed by atoms with van der Waals surface area (Å²) in [7, 11) is 0. The highest BCUT2D eigenvalue weighted by Crippen LogP contribution is 2.41. The summed E-state index contributed by atoms with van der Waals surface area (Å²) >= 11 is 0. The molecule has 3 nitrogen and oxygen atoms in total. The van der Waals surface area contributed by atoms with Crippen molar-refractivity contribution in [3.63, 3.8) is 0 Å². The van der Waals surface area contributed by atoms with Crippen LogP contribution in [0.1, 0.15) is 50.3 Å². The van der Waals surface area contributed by atoms with Crippen LogP contribution < -0.4 is 0 Å². The van der Waals surface area contributed by atoms with Gasteiger partial charge < -0.3 is 4.42 Å². The molecule has 0 aliphatic rings. The fourth-order valence-electron chi connectivity index (χ4n) is 4.06. The highest BCUT2D eigenvalue weighted by Gasteiger charge is 2.22. The third kappa shape index (κ3) is 2.96. The van der Waals surface area contributed by atoms with Gasteiger partial charge in [-0.3, -0.25) is 4.98 Å². The van der Waals surface area contributed by atoms with Gasteiger partial charge in [-0.1, -0.05) is 45.9 Å². The quantitative estimate of drug-likeness (QED) is 0.396. The summed E-state index contributed by atoms with van der Waals surface area (Å²) in [5, 5.41) is 12.0. The molecule has 4 aromatic rings. The maximum Gasteiger partial charge on any atom is 0.144 e. The van der Waals surface area contributed by atoms with E-state index in [1.165, 1.54) is 5.56 Å². The molecule has 0 atom stereocenters. The zero-order valence-electron chi connectivity index (χ0n) is 16.8. The number of benzene rings is 2. The fourth-order valence-corrected chi connectivity index (χ4v) is 4.06. The monoisotopic (exact) mass is 368 g/mol. The molecule has 2 heterocycles. The number of aromatic nitrogens is 1. The van der Waals surface area contributed by atoms with Gasteiger partial charge in [-0.15, -0.1) is 0 Å². The minimum absolute atomic E-state index is 0.198. The van der Waals surface area contributed by atoms with Crippen LogP contribution in [0.15, 0.2) is 53.1 Å². The van der Waals surface area contributed by atoms with Gasteiger partial charge in [0.1, 0.15) is 11.2 Å². The molecule has 0 aliphatic carbocycles. The van der Waals surface area contributed by atoms with E-state index in [-0.39, 0.29) is 5.92 Å². The first kappa shape index (κ1) is 18.3. The summed E-state index contributed by atoms with van der Waals surface area (Å²) in [6.45, 7) is 8.64. The van der Waals surface area contributed by atoms with Crippen molar-refractivity contribution in [2.75, 3.05) is 0 Å². The Hall–Kier alpha value is -3.12. The number of rotatable bonds is 4. The lowest BCUT2D eigenvalue weighted by atomic mass is 9.89. The average Bonchev–Trinajstić information content (AvgIpc) is 3.07.